The van der Waals surface area contributed by atoms with Gasteiger partial charge in [0.1, 0.15) is 6.10 Å². The lowest BCUT2D eigenvalue weighted by atomic mass is 9.50. The zero-order valence-electron chi connectivity index (χ0n) is 21.0. The van der Waals surface area contributed by atoms with Crippen LogP contribution in [0.2, 0.25) is 0 Å². The predicted octanol–water partition coefficient (Wildman–Crippen LogP) is 7.88. The van der Waals surface area contributed by atoms with E-state index in [1.807, 2.05) is 0 Å². The molecule has 4 aliphatic rings. The molecular weight excluding hydrogens is 380 g/mol. The van der Waals surface area contributed by atoms with Gasteiger partial charge in [-0.25, -0.2) is 0 Å². The fourth-order valence-electron chi connectivity index (χ4n) is 8.33. The molecule has 0 aliphatic heterocycles. The highest BCUT2D eigenvalue weighted by atomic mass is 16.5. The number of hydrogen-bond donors (Lipinski definition) is 0. The molecule has 0 spiro atoms. The molecule has 174 valence electrons. The van der Waals surface area contributed by atoms with E-state index in [0.717, 1.165) is 42.9 Å². The van der Waals surface area contributed by atoms with Gasteiger partial charge in [-0.15, -0.1) is 0 Å². The van der Waals surface area contributed by atoms with Crippen molar-refractivity contribution in [3.63, 3.8) is 0 Å². The molecule has 0 unspecified atom stereocenters. The lowest BCUT2D eigenvalue weighted by Gasteiger charge is -2.55. The van der Waals surface area contributed by atoms with Gasteiger partial charge in [-0.05, 0) is 78.9 Å². The second-order valence-electron chi connectivity index (χ2n) is 12.4. The average Bonchev–Trinajstić information content (AvgIpc) is 3.05. The lowest BCUT2D eigenvalue weighted by molar-refractivity contribution is -0.148. The van der Waals surface area contributed by atoms with Gasteiger partial charge in [-0.3, -0.25) is 4.79 Å². The molecule has 0 aromatic rings. The highest BCUT2D eigenvalue weighted by Gasteiger charge is 2.57. The first kappa shape index (κ1) is 23.1. The molecule has 0 aromatic carbocycles. The Kier molecular flexibility index (Phi) is 6.50. The first-order chi connectivity index (χ1) is 14.6. The Bertz CT molecular complexity index is 746. The van der Waals surface area contributed by atoms with E-state index in [1.54, 1.807) is 18.1 Å². The predicted molar refractivity (Wildman–Crippen MR) is 129 cm³/mol. The topological polar surface area (TPSA) is 26.3 Å². The van der Waals surface area contributed by atoms with Crippen molar-refractivity contribution < 1.29 is 9.53 Å². The minimum atomic E-state index is -0.130. The van der Waals surface area contributed by atoms with E-state index in [2.05, 4.69) is 46.8 Å². The van der Waals surface area contributed by atoms with Crippen LogP contribution in [0.3, 0.4) is 0 Å². The van der Waals surface area contributed by atoms with Crippen LogP contribution in [0.5, 0.6) is 0 Å². The van der Waals surface area contributed by atoms with Crippen molar-refractivity contribution in [3.8, 4) is 0 Å². The van der Waals surface area contributed by atoms with E-state index < -0.39 is 0 Å². The highest BCUT2D eigenvalue weighted by molar-refractivity contribution is 5.66. The van der Waals surface area contributed by atoms with Crippen LogP contribution in [0.1, 0.15) is 106 Å². The third-order valence-corrected chi connectivity index (χ3v) is 10.1. The number of ether oxygens (including phenoxy) is 1. The van der Waals surface area contributed by atoms with E-state index in [-0.39, 0.29) is 17.5 Å². The summed E-state index contributed by atoms with van der Waals surface area (Å²) in [5, 5.41) is 0. The van der Waals surface area contributed by atoms with Crippen molar-refractivity contribution in [2.24, 2.45) is 40.4 Å². The Morgan fingerprint density at radius 1 is 1.03 bits per heavy atom. The Balaban J connectivity index is 1.51. The summed E-state index contributed by atoms with van der Waals surface area (Å²) in [5.41, 5.74) is 4.10. The number of hydrogen-bond acceptors (Lipinski definition) is 2. The first-order valence-corrected chi connectivity index (χ1v) is 13.2. The van der Waals surface area contributed by atoms with Gasteiger partial charge in [0.2, 0.25) is 0 Å². The Morgan fingerprint density at radius 3 is 2.52 bits per heavy atom. The summed E-state index contributed by atoms with van der Waals surface area (Å²) in [6.07, 6.45) is 17.9. The summed E-state index contributed by atoms with van der Waals surface area (Å²) >= 11 is 0. The van der Waals surface area contributed by atoms with Crippen molar-refractivity contribution in [1.82, 2.24) is 0 Å². The van der Waals surface area contributed by atoms with E-state index >= 15 is 0 Å². The molecule has 0 radical (unpaired) electrons. The third-order valence-electron chi connectivity index (χ3n) is 10.1. The normalized spacial score (nSPS) is 40.4. The average molecular weight is 427 g/mol. The molecule has 3 fully saturated rings. The molecule has 2 nitrogen and oxygen atoms in total. The van der Waals surface area contributed by atoms with E-state index in [4.69, 9.17) is 4.74 Å². The van der Waals surface area contributed by atoms with Crippen LogP contribution in [0.4, 0.5) is 0 Å². The molecule has 2 heteroatoms. The largest absolute Gasteiger partial charge is 0.462 e. The van der Waals surface area contributed by atoms with Crippen molar-refractivity contribution in [1.29, 1.82) is 0 Å². The first-order valence-electron chi connectivity index (χ1n) is 13.2. The molecular formula is C29H46O2. The van der Waals surface area contributed by atoms with Gasteiger partial charge >= 0.3 is 5.97 Å². The smallest absolute Gasteiger partial charge is 0.302 e. The van der Waals surface area contributed by atoms with Crippen molar-refractivity contribution in [2.45, 2.75) is 112 Å². The van der Waals surface area contributed by atoms with E-state index in [1.165, 1.54) is 44.9 Å². The van der Waals surface area contributed by atoms with Crippen LogP contribution in [0.15, 0.2) is 23.3 Å². The molecule has 4 rings (SSSR count). The monoisotopic (exact) mass is 426 g/mol. The molecule has 31 heavy (non-hydrogen) atoms. The number of allylic oxidation sites excluding steroid dienone is 3. The summed E-state index contributed by atoms with van der Waals surface area (Å²) in [4.78, 5) is 11.5. The molecule has 0 saturated heterocycles. The maximum absolute atomic E-state index is 11.5. The molecule has 0 heterocycles. The van der Waals surface area contributed by atoms with Gasteiger partial charge < -0.3 is 4.74 Å². The van der Waals surface area contributed by atoms with Crippen LogP contribution in [-0.4, -0.2) is 12.1 Å². The fourth-order valence-corrected chi connectivity index (χ4v) is 8.33. The lowest BCUT2D eigenvalue weighted by Crippen LogP contribution is -2.46. The molecule has 4 aliphatic carbocycles. The van der Waals surface area contributed by atoms with Gasteiger partial charge in [0.25, 0.3) is 0 Å². The number of esters is 1. The van der Waals surface area contributed by atoms with Crippen LogP contribution in [0, 0.1) is 40.4 Å². The molecule has 0 N–H and O–H groups in total. The van der Waals surface area contributed by atoms with Crippen LogP contribution < -0.4 is 0 Å². The number of carbonyl (C=O) groups excluding carboxylic acids is 1. The number of fused-ring (bicyclic) bond motifs is 5. The number of rotatable bonds is 6. The van der Waals surface area contributed by atoms with Crippen molar-refractivity contribution in [3.05, 3.63) is 23.3 Å². The van der Waals surface area contributed by atoms with Crippen LogP contribution >= 0.6 is 0 Å². The summed E-state index contributed by atoms with van der Waals surface area (Å²) in [7, 11) is 0. The number of carbonyl (C=O) groups is 1. The summed E-state index contributed by atoms with van der Waals surface area (Å²) in [6, 6.07) is 0. The zero-order valence-corrected chi connectivity index (χ0v) is 21.0. The standard InChI is InChI=1S/C29H46O2/c1-19(2)8-7-9-20(3)25-12-13-26-24-11-10-22-18-23(31-21(4)30)14-16-28(22,5)27(24)15-17-29(25,26)6/h10-11,19-20,23,25-27H,7-9,12-18H2,1-6H3/t20-,23+,25-,26+,27-,28+,29-/m0/s1. The van der Waals surface area contributed by atoms with E-state index in [9.17, 15) is 4.79 Å². The van der Waals surface area contributed by atoms with Crippen LogP contribution in [-0.2, 0) is 9.53 Å². The fraction of sp³-hybridized carbons (Fsp3) is 0.828. The van der Waals surface area contributed by atoms with E-state index in [0.29, 0.717) is 11.3 Å². The molecule has 0 amide bonds. The minimum Gasteiger partial charge on any atom is -0.462 e. The van der Waals surface area contributed by atoms with Gasteiger partial charge in [0.05, 0.1) is 0 Å². The Labute approximate surface area is 191 Å². The summed E-state index contributed by atoms with van der Waals surface area (Å²) in [5.74, 6) is 3.94. The maximum Gasteiger partial charge on any atom is 0.302 e. The molecule has 0 bridgehead atoms. The maximum atomic E-state index is 11.5. The van der Waals surface area contributed by atoms with Crippen molar-refractivity contribution in [2.75, 3.05) is 0 Å². The second-order valence-corrected chi connectivity index (χ2v) is 12.4. The molecule has 7 atom stereocenters. The van der Waals surface area contributed by atoms with Gasteiger partial charge in [-0.1, -0.05) is 77.2 Å². The highest BCUT2D eigenvalue weighted by Crippen LogP contribution is 2.66. The van der Waals surface area contributed by atoms with Crippen molar-refractivity contribution >= 4 is 5.97 Å². The van der Waals surface area contributed by atoms with Gasteiger partial charge in [0, 0.05) is 13.3 Å². The minimum absolute atomic E-state index is 0.0863. The zero-order chi connectivity index (χ0) is 22.4. The second kappa shape index (κ2) is 8.71. The third kappa shape index (κ3) is 4.18. The quantitative estimate of drug-likeness (QED) is 0.404. The SMILES string of the molecule is CC(=O)O[C@@H]1CC[C@]2(C)C(=CC=C3[C@H]4CC[C@@H]([C@@H](C)CCCC(C)C)[C@]4(C)CC[C@@H]32)C1. The summed E-state index contributed by atoms with van der Waals surface area (Å²) < 4.78 is 5.59. The molecule has 0 aromatic heterocycles. The van der Waals surface area contributed by atoms with Gasteiger partial charge in [0.15, 0.2) is 0 Å². The summed E-state index contributed by atoms with van der Waals surface area (Å²) in [6.45, 7) is 14.0. The Hall–Kier alpha value is -1.05. The Morgan fingerprint density at radius 2 is 1.81 bits per heavy atom. The van der Waals surface area contributed by atoms with Gasteiger partial charge in [-0.2, -0.15) is 0 Å². The van der Waals surface area contributed by atoms with Crippen LogP contribution in [0.25, 0.3) is 0 Å². The molecule has 3 saturated carbocycles.